The average Bonchev–Trinajstić information content (AvgIpc) is 2.46. The van der Waals surface area contributed by atoms with Gasteiger partial charge in [0, 0.05) is 24.7 Å². The first-order chi connectivity index (χ1) is 8.81. The minimum Gasteiger partial charge on any atom is -0.496 e. The fourth-order valence-electron chi connectivity index (χ4n) is 2.18. The lowest BCUT2D eigenvalue weighted by Crippen LogP contribution is -2.34. The maximum absolute atomic E-state index is 12.0. The molecule has 1 aliphatic rings. The average molecular weight is 245 g/mol. The minimum absolute atomic E-state index is 0.0978. The Balaban J connectivity index is 2.03. The molecule has 0 aromatic heterocycles. The SMILES string of the molecule is COc1ccccc1/C=C\C(=O)N1CCCCC1. The van der Waals surface area contributed by atoms with Crippen LogP contribution in [0.3, 0.4) is 0 Å². The van der Waals surface area contributed by atoms with Gasteiger partial charge in [0.25, 0.3) is 0 Å². The van der Waals surface area contributed by atoms with Crippen molar-refractivity contribution >= 4 is 12.0 Å². The van der Waals surface area contributed by atoms with Gasteiger partial charge in [0.1, 0.15) is 5.75 Å². The largest absolute Gasteiger partial charge is 0.496 e. The lowest BCUT2D eigenvalue weighted by molar-refractivity contribution is -0.126. The van der Waals surface area contributed by atoms with Crippen LogP contribution < -0.4 is 4.74 Å². The number of hydrogen-bond acceptors (Lipinski definition) is 2. The fourth-order valence-corrected chi connectivity index (χ4v) is 2.18. The van der Waals surface area contributed by atoms with Crippen molar-refractivity contribution in [2.45, 2.75) is 19.3 Å². The van der Waals surface area contributed by atoms with Gasteiger partial charge in [-0.15, -0.1) is 0 Å². The monoisotopic (exact) mass is 245 g/mol. The maximum Gasteiger partial charge on any atom is 0.246 e. The van der Waals surface area contributed by atoms with Crippen LogP contribution in [0.1, 0.15) is 24.8 Å². The molecule has 96 valence electrons. The summed E-state index contributed by atoms with van der Waals surface area (Å²) in [6.45, 7) is 1.77. The van der Waals surface area contributed by atoms with Crippen LogP contribution in [0, 0.1) is 0 Å². The second-order valence-corrected chi connectivity index (χ2v) is 4.46. The van der Waals surface area contributed by atoms with Crippen LogP contribution in [0.4, 0.5) is 0 Å². The fraction of sp³-hybridized carbons (Fsp3) is 0.400. The van der Waals surface area contributed by atoms with Crippen molar-refractivity contribution in [1.29, 1.82) is 0 Å². The second-order valence-electron chi connectivity index (χ2n) is 4.46. The lowest BCUT2D eigenvalue weighted by Gasteiger charge is -2.25. The summed E-state index contributed by atoms with van der Waals surface area (Å²) < 4.78 is 5.25. The van der Waals surface area contributed by atoms with E-state index in [1.807, 2.05) is 35.2 Å². The number of rotatable bonds is 3. The van der Waals surface area contributed by atoms with E-state index in [9.17, 15) is 4.79 Å². The minimum atomic E-state index is 0.0978. The topological polar surface area (TPSA) is 29.5 Å². The number of carbonyl (C=O) groups excluding carboxylic acids is 1. The summed E-state index contributed by atoms with van der Waals surface area (Å²) in [7, 11) is 1.64. The van der Waals surface area contributed by atoms with Gasteiger partial charge in [-0.1, -0.05) is 18.2 Å². The van der Waals surface area contributed by atoms with E-state index in [1.54, 1.807) is 13.2 Å². The molecule has 0 aliphatic carbocycles. The van der Waals surface area contributed by atoms with Gasteiger partial charge >= 0.3 is 0 Å². The van der Waals surface area contributed by atoms with Crippen LogP contribution >= 0.6 is 0 Å². The number of methoxy groups -OCH3 is 1. The predicted octanol–water partition coefficient (Wildman–Crippen LogP) is 2.72. The van der Waals surface area contributed by atoms with Gasteiger partial charge in [-0.25, -0.2) is 0 Å². The van der Waals surface area contributed by atoms with E-state index in [0.29, 0.717) is 0 Å². The van der Waals surface area contributed by atoms with Crippen LogP contribution in [0.15, 0.2) is 30.3 Å². The van der Waals surface area contributed by atoms with E-state index in [1.165, 1.54) is 6.42 Å². The van der Waals surface area contributed by atoms with Gasteiger partial charge in [-0.3, -0.25) is 4.79 Å². The molecule has 3 heteroatoms. The first-order valence-electron chi connectivity index (χ1n) is 6.41. The van der Waals surface area contributed by atoms with E-state index >= 15 is 0 Å². The lowest BCUT2D eigenvalue weighted by atomic mass is 10.1. The first kappa shape index (κ1) is 12.7. The molecule has 1 amide bonds. The summed E-state index contributed by atoms with van der Waals surface area (Å²) in [5.74, 6) is 0.890. The van der Waals surface area contributed by atoms with Gasteiger partial charge in [0.2, 0.25) is 5.91 Å². The van der Waals surface area contributed by atoms with Crippen molar-refractivity contribution in [2.75, 3.05) is 20.2 Å². The van der Waals surface area contributed by atoms with Crippen molar-refractivity contribution in [3.8, 4) is 5.75 Å². The Morgan fingerprint density at radius 3 is 2.67 bits per heavy atom. The Labute approximate surface area is 108 Å². The maximum atomic E-state index is 12.0. The molecule has 0 bridgehead atoms. The molecule has 1 aromatic rings. The van der Waals surface area contributed by atoms with Crippen molar-refractivity contribution in [2.24, 2.45) is 0 Å². The van der Waals surface area contributed by atoms with Crippen LogP contribution in [-0.4, -0.2) is 31.0 Å². The van der Waals surface area contributed by atoms with Crippen LogP contribution in [0.5, 0.6) is 5.75 Å². The molecular formula is C15H19NO2. The summed E-state index contributed by atoms with van der Waals surface area (Å²) in [6, 6.07) is 7.69. The molecule has 1 fully saturated rings. The number of nitrogens with zero attached hydrogens (tertiary/aromatic N) is 1. The van der Waals surface area contributed by atoms with Crippen LogP contribution in [0.2, 0.25) is 0 Å². The Morgan fingerprint density at radius 1 is 1.22 bits per heavy atom. The number of ether oxygens (including phenoxy) is 1. The third kappa shape index (κ3) is 3.13. The van der Waals surface area contributed by atoms with Gasteiger partial charge in [0.05, 0.1) is 7.11 Å². The summed E-state index contributed by atoms with van der Waals surface area (Å²) in [5, 5.41) is 0. The van der Waals surface area contributed by atoms with E-state index in [4.69, 9.17) is 4.74 Å². The Morgan fingerprint density at radius 2 is 1.94 bits per heavy atom. The first-order valence-corrected chi connectivity index (χ1v) is 6.41. The molecule has 0 atom stereocenters. The van der Waals surface area contributed by atoms with Gasteiger partial charge in [-0.05, 0) is 31.4 Å². The van der Waals surface area contributed by atoms with Gasteiger partial charge in [0.15, 0.2) is 0 Å². The van der Waals surface area contributed by atoms with Gasteiger partial charge in [-0.2, -0.15) is 0 Å². The zero-order chi connectivity index (χ0) is 12.8. The molecule has 0 radical (unpaired) electrons. The quantitative estimate of drug-likeness (QED) is 0.766. The zero-order valence-corrected chi connectivity index (χ0v) is 10.8. The third-order valence-electron chi connectivity index (χ3n) is 3.21. The molecule has 1 saturated heterocycles. The molecule has 18 heavy (non-hydrogen) atoms. The van der Waals surface area contributed by atoms with E-state index in [0.717, 1.165) is 37.2 Å². The van der Waals surface area contributed by atoms with Crippen molar-refractivity contribution in [3.05, 3.63) is 35.9 Å². The normalized spacial score (nSPS) is 15.9. The van der Waals surface area contributed by atoms with Crippen LogP contribution in [0.25, 0.3) is 6.08 Å². The standard InChI is InChI=1S/C15H19NO2/c1-18-14-8-4-3-7-13(14)9-10-15(17)16-11-5-2-6-12-16/h3-4,7-10H,2,5-6,11-12H2,1H3/b10-9-. The highest BCUT2D eigenvalue weighted by atomic mass is 16.5. The van der Waals surface area contributed by atoms with Crippen molar-refractivity contribution in [3.63, 3.8) is 0 Å². The summed E-state index contributed by atoms with van der Waals surface area (Å²) in [5.41, 5.74) is 0.936. The molecule has 0 N–H and O–H groups in total. The number of carbonyl (C=O) groups is 1. The molecule has 1 heterocycles. The van der Waals surface area contributed by atoms with Gasteiger partial charge < -0.3 is 9.64 Å². The highest BCUT2D eigenvalue weighted by Crippen LogP contribution is 2.19. The molecule has 2 rings (SSSR count). The molecule has 1 aliphatic heterocycles. The molecule has 0 spiro atoms. The highest BCUT2D eigenvalue weighted by molar-refractivity contribution is 5.92. The van der Waals surface area contributed by atoms with Crippen LogP contribution in [-0.2, 0) is 4.79 Å². The molecular weight excluding hydrogens is 226 g/mol. The Hall–Kier alpha value is -1.77. The third-order valence-corrected chi connectivity index (χ3v) is 3.21. The second kappa shape index (κ2) is 6.24. The highest BCUT2D eigenvalue weighted by Gasteiger charge is 2.13. The van der Waals surface area contributed by atoms with Crippen molar-refractivity contribution in [1.82, 2.24) is 4.90 Å². The Kier molecular flexibility index (Phi) is 4.40. The Bertz CT molecular complexity index is 434. The number of hydrogen-bond donors (Lipinski definition) is 0. The summed E-state index contributed by atoms with van der Waals surface area (Å²) in [4.78, 5) is 13.9. The predicted molar refractivity (Wildman–Crippen MR) is 72.5 cm³/mol. The van der Waals surface area contributed by atoms with E-state index < -0.39 is 0 Å². The molecule has 3 nitrogen and oxygen atoms in total. The number of para-hydroxylation sites is 1. The number of likely N-dealkylation sites (tertiary alicyclic amines) is 1. The number of piperidine rings is 1. The number of benzene rings is 1. The van der Waals surface area contributed by atoms with Crippen molar-refractivity contribution < 1.29 is 9.53 Å². The molecule has 0 saturated carbocycles. The molecule has 0 unspecified atom stereocenters. The zero-order valence-electron chi connectivity index (χ0n) is 10.8. The van der Waals surface area contributed by atoms with E-state index in [2.05, 4.69) is 0 Å². The molecule has 1 aromatic carbocycles. The van der Waals surface area contributed by atoms with E-state index in [-0.39, 0.29) is 5.91 Å². The summed E-state index contributed by atoms with van der Waals surface area (Å²) >= 11 is 0. The smallest absolute Gasteiger partial charge is 0.246 e. The summed E-state index contributed by atoms with van der Waals surface area (Å²) in [6.07, 6.45) is 6.95. The number of amides is 1.